The second-order valence-electron chi connectivity index (χ2n) is 9.86. The monoisotopic (exact) mass is 443 g/mol. The lowest BCUT2D eigenvalue weighted by atomic mass is 9.91. The third-order valence-electron chi connectivity index (χ3n) is 6.89. The predicted molar refractivity (Wildman–Crippen MR) is 119 cm³/mol. The first kappa shape index (κ1) is 22.2. The number of urea groups is 1. The number of nitrogens with one attached hydrogen (secondary N) is 3. The van der Waals surface area contributed by atoms with Crippen LogP contribution in [0, 0.1) is 11.3 Å². The summed E-state index contributed by atoms with van der Waals surface area (Å²) in [6.07, 6.45) is 10.2. The number of piperidine rings is 1. The van der Waals surface area contributed by atoms with Gasteiger partial charge in [0.15, 0.2) is 0 Å². The van der Waals surface area contributed by atoms with Crippen molar-refractivity contribution >= 4 is 18.0 Å². The molecule has 0 aromatic heterocycles. The van der Waals surface area contributed by atoms with Crippen LogP contribution in [0.15, 0.2) is 35.8 Å². The zero-order valence-corrected chi connectivity index (χ0v) is 19.1. The Labute approximate surface area is 188 Å². The highest BCUT2D eigenvalue weighted by Crippen LogP contribution is 2.59. The molecule has 9 heteroatoms. The molecule has 2 fully saturated rings. The number of dihydropyridines is 1. The maximum atomic E-state index is 12.6. The van der Waals surface area contributed by atoms with Gasteiger partial charge < -0.3 is 25.6 Å². The van der Waals surface area contributed by atoms with Gasteiger partial charge >= 0.3 is 12.1 Å². The van der Waals surface area contributed by atoms with Gasteiger partial charge in [-0.25, -0.2) is 9.59 Å². The van der Waals surface area contributed by atoms with Gasteiger partial charge in [-0.05, 0) is 61.7 Å². The lowest BCUT2D eigenvalue weighted by Gasteiger charge is -2.35. The van der Waals surface area contributed by atoms with Crippen LogP contribution in [0.2, 0.25) is 0 Å². The molecule has 0 aromatic carbocycles. The molecular weight excluding hydrogens is 410 g/mol. The summed E-state index contributed by atoms with van der Waals surface area (Å²) in [6, 6.07) is -0.0642. The summed E-state index contributed by atoms with van der Waals surface area (Å²) >= 11 is 0. The van der Waals surface area contributed by atoms with Gasteiger partial charge in [0.25, 0.3) is 0 Å². The van der Waals surface area contributed by atoms with Crippen LogP contribution in [-0.4, -0.2) is 66.2 Å². The van der Waals surface area contributed by atoms with Gasteiger partial charge in [0, 0.05) is 45.2 Å². The molecule has 9 nitrogen and oxygen atoms in total. The molecular formula is C23H33N5O4. The Balaban J connectivity index is 1.19. The molecule has 4 rings (SSSR count). The van der Waals surface area contributed by atoms with Crippen molar-refractivity contribution < 1.29 is 19.1 Å². The van der Waals surface area contributed by atoms with Gasteiger partial charge in [0.1, 0.15) is 5.60 Å². The SMILES string of the molecule is CC(=O)NCC(C)(C)OC(=O)N1CCC2(CC1)CC2CNC(=O)N1C=C2C=CNC=C2C1. The smallest absolute Gasteiger partial charge is 0.410 e. The Morgan fingerprint density at radius 2 is 2.00 bits per heavy atom. The van der Waals surface area contributed by atoms with E-state index in [-0.39, 0.29) is 30.0 Å². The van der Waals surface area contributed by atoms with E-state index in [2.05, 4.69) is 16.0 Å². The van der Waals surface area contributed by atoms with E-state index in [1.54, 1.807) is 23.6 Å². The Hall–Kier alpha value is -2.97. The fourth-order valence-corrected chi connectivity index (χ4v) is 4.72. The third kappa shape index (κ3) is 4.92. The molecule has 3 heterocycles. The first-order valence-electron chi connectivity index (χ1n) is 11.3. The van der Waals surface area contributed by atoms with E-state index in [1.807, 2.05) is 24.7 Å². The minimum absolute atomic E-state index is 0.0642. The van der Waals surface area contributed by atoms with E-state index in [9.17, 15) is 14.4 Å². The van der Waals surface area contributed by atoms with E-state index >= 15 is 0 Å². The molecule has 1 spiro atoms. The highest BCUT2D eigenvalue weighted by Gasteiger charge is 2.55. The number of ether oxygens (including phenoxy) is 1. The molecule has 4 aliphatic rings. The number of amides is 4. The Morgan fingerprint density at radius 3 is 2.69 bits per heavy atom. The number of carbonyl (C=O) groups is 3. The summed E-state index contributed by atoms with van der Waals surface area (Å²) in [7, 11) is 0. The highest BCUT2D eigenvalue weighted by atomic mass is 16.6. The number of likely N-dealkylation sites (tertiary alicyclic amines) is 1. The lowest BCUT2D eigenvalue weighted by Crippen LogP contribution is -2.47. The van der Waals surface area contributed by atoms with Gasteiger partial charge in [-0.3, -0.25) is 9.69 Å². The average Bonchev–Trinajstić information content (AvgIpc) is 3.22. The topological polar surface area (TPSA) is 103 Å². The molecule has 3 aliphatic heterocycles. The van der Waals surface area contributed by atoms with Crippen molar-refractivity contribution in [2.24, 2.45) is 11.3 Å². The van der Waals surface area contributed by atoms with E-state index in [0.29, 0.717) is 32.1 Å². The van der Waals surface area contributed by atoms with Crippen molar-refractivity contribution in [2.75, 3.05) is 32.7 Å². The van der Waals surface area contributed by atoms with Crippen molar-refractivity contribution in [3.05, 3.63) is 35.8 Å². The number of allylic oxidation sites excluding steroid dienone is 1. The third-order valence-corrected chi connectivity index (χ3v) is 6.89. The van der Waals surface area contributed by atoms with Crippen LogP contribution in [-0.2, 0) is 9.53 Å². The van der Waals surface area contributed by atoms with Crippen molar-refractivity contribution in [1.82, 2.24) is 25.8 Å². The zero-order valence-electron chi connectivity index (χ0n) is 19.1. The average molecular weight is 444 g/mol. The number of nitrogens with zero attached hydrogens (tertiary/aromatic N) is 2. The first-order chi connectivity index (χ1) is 15.2. The van der Waals surface area contributed by atoms with Crippen molar-refractivity contribution in [2.45, 2.75) is 45.6 Å². The molecule has 1 aliphatic carbocycles. The molecule has 1 saturated carbocycles. The number of hydrogen-bond donors (Lipinski definition) is 3. The van der Waals surface area contributed by atoms with Crippen molar-refractivity contribution in [3.63, 3.8) is 0 Å². The molecule has 1 unspecified atom stereocenters. The molecule has 174 valence electrons. The van der Waals surface area contributed by atoms with Crippen LogP contribution in [0.4, 0.5) is 9.59 Å². The van der Waals surface area contributed by atoms with Crippen LogP contribution < -0.4 is 16.0 Å². The minimum Gasteiger partial charge on any atom is -0.442 e. The molecule has 1 saturated heterocycles. The molecule has 3 N–H and O–H groups in total. The Bertz CT molecular complexity index is 883. The molecule has 0 radical (unpaired) electrons. The van der Waals surface area contributed by atoms with Gasteiger partial charge in [0.2, 0.25) is 5.91 Å². The number of hydrogen-bond acceptors (Lipinski definition) is 5. The fourth-order valence-electron chi connectivity index (χ4n) is 4.72. The summed E-state index contributed by atoms with van der Waals surface area (Å²) in [4.78, 5) is 39.7. The van der Waals surface area contributed by atoms with Crippen molar-refractivity contribution in [1.29, 1.82) is 0 Å². The Kier molecular flexibility index (Phi) is 5.92. The lowest BCUT2D eigenvalue weighted by molar-refractivity contribution is -0.120. The summed E-state index contributed by atoms with van der Waals surface area (Å²) < 4.78 is 5.61. The van der Waals surface area contributed by atoms with Crippen LogP contribution in [0.25, 0.3) is 0 Å². The standard InChI is InChI=1S/C23H33N5O4/c1-16(29)26-15-22(2,3)32-21(31)27-8-5-23(6-9-27)10-19(23)12-25-20(30)28-13-17-4-7-24-11-18(17)14-28/h4,7,11,13,19,24H,5-6,8-10,12,14-15H2,1-3H3,(H,25,30)(H,26,29). The van der Waals surface area contributed by atoms with E-state index in [0.717, 1.165) is 30.4 Å². The van der Waals surface area contributed by atoms with Crippen LogP contribution in [0.1, 0.15) is 40.0 Å². The van der Waals surface area contributed by atoms with Gasteiger partial charge in [-0.2, -0.15) is 0 Å². The van der Waals surface area contributed by atoms with E-state index in [4.69, 9.17) is 4.74 Å². The van der Waals surface area contributed by atoms with Crippen LogP contribution in [0.5, 0.6) is 0 Å². The zero-order chi connectivity index (χ0) is 22.9. The summed E-state index contributed by atoms with van der Waals surface area (Å²) in [5.74, 6) is 0.311. The van der Waals surface area contributed by atoms with Crippen LogP contribution in [0.3, 0.4) is 0 Å². The van der Waals surface area contributed by atoms with E-state index < -0.39 is 5.60 Å². The fraction of sp³-hybridized carbons (Fsp3) is 0.609. The quantitative estimate of drug-likeness (QED) is 0.604. The summed E-state index contributed by atoms with van der Waals surface area (Å²) in [6.45, 7) is 7.88. The number of rotatable bonds is 5. The van der Waals surface area contributed by atoms with Crippen LogP contribution >= 0.6 is 0 Å². The van der Waals surface area contributed by atoms with E-state index in [1.165, 1.54) is 6.92 Å². The number of fused-ring (bicyclic) bond motifs is 1. The molecule has 1 atom stereocenters. The summed E-state index contributed by atoms with van der Waals surface area (Å²) in [5, 5.41) is 8.84. The molecule has 0 aromatic rings. The minimum atomic E-state index is -0.755. The van der Waals surface area contributed by atoms with Crippen molar-refractivity contribution in [3.8, 4) is 0 Å². The van der Waals surface area contributed by atoms with Gasteiger partial charge in [0.05, 0.1) is 13.1 Å². The molecule has 4 amide bonds. The first-order valence-corrected chi connectivity index (χ1v) is 11.3. The second kappa shape index (κ2) is 8.52. The largest absolute Gasteiger partial charge is 0.442 e. The molecule has 32 heavy (non-hydrogen) atoms. The predicted octanol–water partition coefficient (Wildman–Crippen LogP) is 2.05. The van der Waals surface area contributed by atoms with Gasteiger partial charge in [-0.1, -0.05) is 0 Å². The Morgan fingerprint density at radius 1 is 1.25 bits per heavy atom. The summed E-state index contributed by atoms with van der Waals surface area (Å²) in [5.41, 5.74) is 1.66. The number of carbonyl (C=O) groups excluding carboxylic acids is 3. The maximum Gasteiger partial charge on any atom is 0.410 e. The highest BCUT2D eigenvalue weighted by molar-refractivity contribution is 5.77. The normalized spacial score (nSPS) is 23.0. The van der Waals surface area contributed by atoms with Gasteiger partial charge in [-0.15, -0.1) is 0 Å². The second-order valence-corrected chi connectivity index (χ2v) is 9.86. The molecule has 0 bridgehead atoms. The maximum absolute atomic E-state index is 12.6.